The van der Waals surface area contributed by atoms with Crippen molar-refractivity contribution in [3.8, 4) is 0 Å². The van der Waals surface area contributed by atoms with E-state index in [1.165, 1.54) is 0 Å². The smallest absolute Gasteiger partial charge is 0.144 e. The number of imidazole rings is 1. The van der Waals surface area contributed by atoms with E-state index in [9.17, 15) is 4.21 Å². The van der Waals surface area contributed by atoms with Crippen molar-refractivity contribution in [2.24, 2.45) is 4.40 Å². The van der Waals surface area contributed by atoms with E-state index in [-0.39, 0.29) is 4.75 Å². The summed E-state index contributed by atoms with van der Waals surface area (Å²) in [6.45, 7) is 8.57. The zero-order chi connectivity index (χ0) is 11.5. The van der Waals surface area contributed by atoms with Crippen LogP contribution in [0.4, 0.5) is 0 Å². The maximum atomic E-state index is 11.6. The van der Waals surface area contributed by atoms with Crippen molar-refractivity contribution in [1.82, 2.24) is 9.55 Å². The van der Waals surface area contributed by atoms with Crippen molar-refractivity contribution in [2.45, 2.75) is 39.0 Å². The molecule has 84 valence electrons. The molecule has 0 aliphatic rings. The highest BCUT2D eigenvalue weighted by Gasteiger charge is 2.18. The Morgan fingerprint density at radius 1 is 1.60 bits per heavy atom. The lowest BCUT2D eigenvalue weighted by Crippen LogP contribution is -2.19. The van der Waals surface area contributed by atoms with Gasteiger partial charge in [0.2, 0.25) is 0 Å². The molecular weight excluding hydrogens is 210 g/mol. The molecule has 15 heavy (non-hydrogen) atoms. The third-order valence-corrected chi connectivity index (χ3v) is 3.23. The molecule has 0 saturated carbocycles. The van der Waals surface area contributed by atoms with Crippen LogP contribution in [0.1, 0.15) is 33.4 Å². The van der Waals surface area contributed by atoms with Crippen LogP contribution < -0.4 is 0 Å². The molecule has 1 aromatic heterocycles. The lowest BCUT2D eigenvalue weighted by atomic mass is 10.3. The van der Waals surface area contributed by atoms with Crippen molar-refractivity contribution >= 4 is 17.2 Å². The van der Waals surface area contributed by atoms with Gasteiger partial charge in [-0.25, -0.2) is 9.19 Å². The van der Waals surface area contributed by atoms with Crippen LogP contribution in [0.5, 0.6) is 0 Å². The van der Waals surface area contributed by atoms with E-state index in [4.69, 9.17) is 0 Å². The summed E-state index contributed by atoms with van der Waals surface area (Å²) in [5.74, 6) is 0. The molecule has 0 radical (unpaired) electrons. The largest absolute Gasteiger partial charge is 0.330 e. The molecule has 0 aliphatic heterocycles. The Bertz CT molecular complexity index is 376. The maximum absolute atomic E-state index is 11.6. The molecule has 0 N–H and O–H groups in total. The van der Waals surface area contributed by atoms with Gasteiger partial charge >= 0.3 is 0 Å². The lowest BCUT2D eigenvalue weighted by Gasteiger charge is -2.12. The normalized spacial score (nSPS) is 14.7. The highest BCUT2D eigenvalue weighted by molar-refractivity contribution is 7.85. The van der Waals surface area contributed by atoms with E-state index < -0.39 is 11.0 Å². The van der Waals surface area contributed by atoms with Gasteiger partial charge in [-0.2, -0.15) is 4.40 Å². The fraction of sp³-hybridized carbons (Fsp3) is 0.600. The van der Waals surface area contributed by atoms with Crippen LogP contribution in [0.2, 0.25) is 0 Å². The zero-order valence-corrected chi connectivity index (χ0v) is 10.4. The third kappa shape index (κ3) is 3.27. The molecule has 0 fully saturated rings. The topological polar surface area (TPSA) is 47.2 Å². The van der Waals surface area contributed by atoms with E-state index in [1.54, 1.807) is 18.7 Å². The molecule has 4 nitrogen and oxygen atoms in total. The number of hydrogen-bond donors (Lipinski definition) is 0. The predicted octanol–water partition coefficient (Wildman–Crippen LogP) is 1.78. The first kappa shape index (κ1) is 12.1. The summed E-state index contributed by atoms with van der Waals surface area (Å²) in [7, 11) is -1.20. The van der Waals surface area contributed by atoms with Crippen LogP contribution in [0.15, 0.2) is 16.9 Å². The molecule has 0 saturated heterocycles. The molecular formula is C10H17N3OS. The standard InChI is InChI=1S/C10H17N3OS/c1-5-13-8-11-6-9(13)7-12-15(14)10(2,3)4/h6-8H,5H2,1-4H3. The summed E-state index contributed by atoms with van der Waals surface area (Å²) < 4.78 is 17.3. The zero-order valence-electron chi connectivity index (χ0n) is 9.60. The molecule has 0 aromatic carbocycles. The average molecular weight is 227 g/mol. The number of rotatable bonds is 3. The van der Waals surface area contributed by atoms with Crippen molar-refractivity contribution in [3.05, 3.63) is 18.2 Å². The highest BCUT2D eigenvalue weighted by atomic mass is 32.2. The molecule has 1 atom stereocenters. The number of aryl methyl sites for hydroxylation is 1. The van der Waals surface area contributed by atoms with E-state index >= 15 is 0 Å². The van der Waals surface area contributed by atoms with E-state index in [1.807, 2.05) is 32.3 Å². The molecule has 1 aromatic rings. The van der Waals surface area contributed by atoms with E-state index in [2.05, 4.69) is 9.38 Å². The first-order valence-electron chi connectivity index (χ1n) is 4.91. The number of nitrogens with zero attached hydrogens (tertiary/aromatic N) is 3. The lowest BCUT2D eigenvalue weighted by molar-refractivity contribution is 0.651. The minimum absolute atomic E-state index is 0.312. The Labute approximate surface area is 93.0 Å². The first-order valence-corrected chi connectivity index (χ1v) is 6.02. The van der Waals surface area contributed by atoms with Gasteiger partial charge in [0.25, 0.3) is 0 Å². The minimum Gasteiger partial charge on any atom is -0.330 e. The van der Waals surface area contributed by atoms with Crippen LogP contribution >= 0.6 is 0 Å². The van der Waals surface area contributed by atoms with Gasteiger partial charge in [0.15, 0.2) is 0 Å². The second-order valence-corrected chi connectivity index (χ2v) is 6.13. The maximum Gasteiger partial charge on any atom is 0.144 e. The van der Waals surface area contributed by atoms with Crippen LogP contribution in [-0.2, 0) is 17.5 Å². The van der Waals surface area contributed by atoms with Gasteiger partial charge in [-0.15, -0.1) is 0 Å². The fourth-order valence-electron chi connectivity index (χ4n) is 0.963. The molecule has 1 unspecified atom stereocenters. The van der Waals surface area contributed by atoms with Crippen LogP contribution in [0.25, 0.3) is 0 Å². The van der Waals surface area contributed by atoms with E-state index in [0.717, 1.165) is 12.2 Å². The Balaban J connectivity index is 2.78. The molecule has 0 aliphatic carbocycles. The Morgan fingerprint density at radius 3 is 2.80 bits per heavy atom. The van der Waals surface area contributed by atoms with Crippen molar-refractivity contribution in [1.29, 1.82) is 0 Å². The minimum atomic E-state index is -1.20. The van der Waals surface area contributed by atoms with Crippen LogP contribution in [0.3, 0.4) is 0 Å². The summed E-state index contributed by atoms with van der Waals surface area (Å²) in [5, 5.41) is 0. The van der Waals surface area contributed by atoms with Crippen molar-refractivity contribution in [3.63, 3.8) is 0 Å². The molecule has 5 heteroatoms. The van der Waals surface area contributed by atoms with Gasteiger partial charge in [-0.05, 0) is 27.7 Å². The highest BCUT2D eigenvalue weighted by Crippen LogP contribution is 2.12. The van der Waals surface area contributed by atoms with Gasteiger partial charge in [0.05, 0.1) is 29.2 Å². The summed E-state index contributed by atoms with van der Waals surface area (Å²) in [5.41, 5.74) is 0.884. The molecule has 1 rings (SSSR count). The Hall–Kier alpha value is -0.970. The Morgan fingerprint density at radius 2 is 2.27 bits per heavy atom. The van der Waals surface area contributed by atoms with Gasteiger partial charge in [0.1, 0.15) is 11.0 Å². The van der Waals surface area contributed by atoms with Gasteiger partial charge in [-0.1, -0.05) is 0 Å². The quantitative estimate of drug-likeness (QED) is 0.739. The van der Waals surface area contributed by atoms with Gasteiger partial charge < -0.3 is 4.57 Å². The van der Waals surface area contributed by atoms with Crippen molar-refractivity contribution < 1.29 is 4.21 Å². The molecule has 0 bridgehead atoms. The average Bonchev–Trinajstić information content (AvgIpc) is 2.59. The SMILES string of the molecule is CCn1cncc1C=NS(=O)C(C)(C)C. The van der Waals surface area contributed by atoms with Gasteiger partial charge in [-0.3, -0.25) is 0 Å². The molecule has 0 spiro atoms. The third-order valence-electron chi connectivity index (χ3n) is 1.89. The summed E-state index contributed by atoms with van der Waals surface area (Å²) in [6, 6.07) is 0. The molecule has 1 heterocycles. The van der Waals surface area contributed by atoms with Crippen LogP contribution in [0, 0.1) is 0 Å². The summed E-state index contributed by atoms with van der Waals surface area (Å²) in [4.78, 5) is 4.01. The number of hydrogen-bond acceptors (Lipinski definition) is 2. The van der Waals surface area contributed by atoms with E-state index in [0.29, 0.717) is 0 Å². The monoisotopic (exact) mass is 227 g/mol. The predicted molar refractivity (Wildman–Crippen MR) is 63.4 cm³/mol. The second-order valence-electron chi connectivity index (χ2n) is 4.20. The Kier molecular flexibility index (Phi) is 3.79. The number of aromatic nitrogens is 2. The summed E-state index contributed by atoms with van der Waals surface area (Å²) >= 11 is 0. The molecule has 0 amide bonds. The fourth-order valence-corrected chi connectivity index (χ4v) is 1.48. The summed E-state index contributed by atoms with van der Waals surface area (Å²) in [6.07, 6.45) is 5.08. The van der Waals surface area contributed by atoms with Crippen molar-refractivity contribution in [2.75, 3.05) is 0 Å². The van der Waals surface area contributed by atoms with Crippen LogP contribution in [-0.4, -0.2) is 24.7 Å². The van der Waals surface area contributed by atoms with Gasteiger partial charge in [0, 0.05) is 6.54 Å². The second kappa shape index (κ2) is 4.70. The first-order chi connectivity index (χ1) is 6.95.